The number of H-pyrrole nitrogens is 2. The van der Waals surface area contributed by atoms with E-state index in [2.05, 4.69) is 40.3 Å². The number of aromatic nitrogens is 8. The predicted molar refractivity (Wildman–Crippen MR) is 151 cm³/mol. The van der Waals surface area contributed by atoms with E-state index in [9.17, 15) is 0 Å². The molecule has 0 fully saturated rings. The third kappa shape index (κ3) is 4.84. The van der Waals surface area contributed by atoms with Crippen LogP contribution in [0, 0.1) is 0 Å². The molecule has 0 aliphatic heterocycles. The van der Waals surface area contributed by atoms with Gasteiger partial charge in [-0.3, -0.25) is 10.2 Å². The Morgan fingerprint density at radius 3 is 1.48 bits per heavy atom. The zero-order valence-corrected chi connectivity index (χ0v) is 20.9. The van der Waals surface area contributed by atoms with E-state index >= 15 is 0 Å². The summed E-state index contributed by atoms with van der Waals surface area (Å²) < 4.78 is 11.4. The monoisotopic (exact) mass is 524 g/mol. The van der Waals surface area contributed by atoms with E-state index in [4.69, 9.17) is 9.47 Å². The summed E-state index contributed by atoms with van der Waals surface area (Å²) in [5.41, 5.74) is 5.07. The van der Waals surface area contributed by atoms with Crippen molar-refractivity contribution in [3.63, 3.8) is 0 Å². The third-order valence-corrected chi connectivity index (χ3v) is 6.09. The van der Waals surface area contributed by atoms with Crippen LogP contribution in [0.25, 0.3) is 43.9 Å². The lowest BCUT2D eigenvalue weighted by molar-refractivity contribution is 0.462. The Labute approximate surface area is 226 Å². The van der Waals surface area contributed by atoms with Crippen LogP contribution in [0.4, 0.5) is 0 Å². The van der Waals surface area contributed by atoms with Gasteiger partial charge in [-0.05, 0) is 48.5 Å². The highest BCUT2D eigenvalue weighted by atomic mass is 16.5. The number of ether oxygens (including phenoxy) is 2. The normalized spacial score (nSPS) is 11.0. The zero-order valence-electron chi connectivity index (χ0n) is 20.9. The maximum atomic E-state index is 5.68. The SMILES string of the molecule is c1ccc(Oc2cnc3cc4[nH]ncc4cc3n2)cc1.c1ccc(Oc2cnc3cc4cn[nH]c4cc3n2)cc1. The third-order valence-electron chi connectivity index (χ3n) is 6.09. The topological polar surface area (TPSA) is 127 Å². The second-order valence-electron chi connectivity index (χ2n) is 8.84. The van der Waals surface area contributed by atoms with Crippen LogP contribution in [0.15, 0.2) is 110 Å². The van der Waals surface area contributed by atoms with Crippen molar-refractivity contribution in [1.82, 2.24) is 40.3 Å². The molecular weight excluding hydrogens is 504 g/mol. The fourth-order valence-electron chi connectivity index (χ4n) is 4.18. The molecule has 8 rings (SSSR count). The Bertz CT molecular complexity index is 1920. The maximum Gasteiger partial charge on any atom is 0.238 e. The summed E-state index contributed by atoms with van der Waals surface area (Å²) in [6.07, 6.45) is 6.78. The van der Waals surface area contributed by atoms with Crippen molar-refractivity contribution in [2.75, 3.05) is 0 Å². The van der Waals surface area contributed by atoms with Gasteiger partial charge in [-0.1, -0.05) is 36.4 Å². The molecule has 0 saturated carbocycles. The molecule has 0 aliphatic carbocycles. The van der Waals surface area contributed by atoms with Gasteiger partial charge in [-0.2, -0.15) is 10.2 Å². The molecule has 8 aromatic rings. The zero-order chi connectivity index (χ0) is 26.7. The van der Waals surface area contributed by atoms with E-state index in [1.807, 2.05) is 84.9 Å². The van der Waals surface area contributed by atoms with Gasteiger partial charge in [-0.15, -0.1) is 0 Å². The fraction of sp³-hybridized carbons (Fsp3) is 0. The first-order chi connectivity index (χ1) is 19.8. The van der Waals surface area contributed by atoms with Crippen molar-refractivity contribution in [1.29, 1.82) is 0 Å². The highest BCUT2D eigenvalue weighted by Gasteiger charge is 2.06. The Morgan fingerprint density at radius 1 is 0.475 bits per heavy atom. The lowest BCUT2D eigenvalue weighted by Gasteiger charge is -2.05. The smallest absolute Gasteiger partial charge is 0.238 e. The van der Waals surface area contributed by atoms with Gasteiger partial charge in [0.05, 0.1) is 57.9 Å². The van der Waals surface area contributed by atoms with Crippen LogP contribution in [0.1, 0.15) is 0 Å². The molecule has 0 saturated heterocycles. The van der Waals surface area contributed by atoms with Crippen molar-refractivity contribution < 1.29 is 9.47 Å². The van der Waals surface area contributed by atoms with E-state index < -0.39 is 0 Å². The van der Waals surface area contributed by atoms with E-state index in [1.54, 1.807) is 24.8 Å². The Balaban J connectivity index is 0.000000132. The number of para-hydroxylation sites is 2. The number of rotatable bonds is 4. The van der Waals surface area contributed by atoms with E-state index in [1.165, 1.54) is 0 Å². The van der Waals surface area contributed by atoms with Gasteiger partial charge in [-0.25, -0.2) is 19.9 Å². The lowest BCUT2D eigenvalue weighted by Crippen LogP contribution is -1.90. The molecule has 0 aliphatic rings. The summed E-state index contributed by atoms with van der Waals surface area (Å²) in [4.78, 5) is 17.7. The number of nitrogens with one attached hydrogen (secondary N) is 2. The second kappa shape index (κ2) is 10.1. The van der Waals surface area contributed by atoms with Crippen LogP contribution in [0.2, 0.25) is 0 Å². The summed E-state index contributed by atoms with van der Waals surface area (Å²) in [5, 5.41) is 15.9. The van der Waals surface area contributed by atoms with Crippen molar-refractivity contribution in [3.05, 3.63) is 110 Å². The standard InChI is InChI=1S/2C15H10N4O/c1-2-4-11(5-3-1)20-15-9-16-13-7-12-10(8-17-19-12)6-14(13)18-15;1-2-4-11(5-3-1)20-15-9-16-13-6-10-8-17-19-12(10)7-14(13)18-15/h2*1-9H,(H,17,19). The first-order valence-corrected chi connectivity index (χ1v) is 12.4. The minimum absolute atomic E-state index is 0.475. The molecule has 0 bridgehead atoms. The molecule has 0 amide bonds. The molecule has 0 radical (unpaired) electrons. The number of fused-ring (bicyclic) bond motifs is 4. The highest BCUT2D eigenvalue weighted by Crippen LogP contribution is 2.24. The molecule has 10 heteroatoms. The highest BCUT2D eigenvalue weighted by molar-refractivity contribution is 5.93. The largest absolute Gasteiger partial charge is 0.437 e. The van der Waals surface area contributed by atoms with Crippen molar-refractivity contribution in [3.8, 4) is 23.3 Å². The summed E-state index contributed by atoms with van der Waals surface area (Å²) in [7, 11) is 0. The van der Waals surface area contributed by atoms with Gasteiger partial charge in [0, 0.05) is 10.8 Å². The Kier molecular flexibility index (Phi) is 5.87. The van der Waals surface area contributed by atoms with Crippen LogP contribution in [0.5, 0.6) is 23.3 Å². The molecule has 192 valence electrons. The Hall–Kier alpha value is -5.90. The summed E-state index contributed by atoms with van der Waals surface area (Å²) in [5.74, 6) is 2.43. The molecular formula is C30H20N8O2. The maximum absolute atomic E-state index is 5.68. The number of benzene rings is 4. The molecule has 40 heavy (non-hydrogen) atoms. The van der Waals surface area contributed by atoms with Gasteiger partial charge in [0.15, 0.2) is 0 Å². The molecule has 0 unspecified atom stereocenters. The molecule has 4 heterocycles. The second-order valence-corrected chi connectivity index (χ2v) is 8.84. The van der Waals surface area contributed by atoms with E-state index in [-0.39, 0.29) is 0 Å². The Morgan fingerprint density at radius 2 is 0.925 bits per heavy atom. The molecule has 2 N–H and O–H groups in total. The minimum atomic E-state index is 0.475. The van der Waals surface area contributed by atoms with Gasteiger partial charge in [0.1, 0.15) is 11.5 Å². The van der Waals surface area contributed by atoms with Gasteiger partial charge in [0.25, 0.3) is 0 Å². The van der Waals surface area contributed by atoms with E-state index in [0.29, 0.717) is 11.8 Å². The van der Waals surface area contributed by atoms with Crippen LogP contribution in [-0.2, 0) is 0 Å². The lowest BCUT2D eigenvalue weighted by atomic mass is 10.2. The quantitative estimate of drug-likeness (QED) is 0.264. The fourth-order valence-corrected chi connectivity index (χ4v) is 4.18. The number of nitrogens with zero attached hydrogens (tertiary/aromatic N) is 6. The van der Waals surface area contributed by atoms with Crippen LogP contribution >= 0.6 is 0 Å². The van der Waals surface area contributed by atoms with E-state index in [0.717, 1.165) is 55.4 Å². The predicted octanol–water partition coefficient (Wildman–Crippen LogP) is 6.60. The first kappa shape index (κ1) is 23.2. The molecule has 4 aromatic heterocycles. The average Bonchev–Trinajstić information content (AvgIpc) is 3.65. The first-order valence-electron chi connectivity index (χ1n) is 12.4. The summed E-state index contributed by atoms with van der Waals surface area (Å²) >= 11 is 0. The number of aromatic amines is 2. The molecule has 0 spiro atoms. The van der Waals surface area contributed by atoms with Gasteiger partial charge >= 0.3 is 0 Å². The molecule has 0 atom stereocenters. The van der Waals surface area contributed by atoms with Crippen LogP contribution in [-0.4, -0.2) is 40.3 Å². The van der Waals surface area contributed by atoms with Crippen LogP contribution in [0.3, 0.4) is 0 Å². The van der Waals surface area contributed by atoms with Crippen molar-refractivity contribution >= 4 is 43.9 Å². The number of hydrogen-bond donors (Lipinski definition) is 2. The molecule has 4 aromatic carbocycles. The summed E-state index contributed by atoms with van der Waals surface area (Å²) in [6.45, 7) is 0. The van der Waals surface area contributed by atoms with Gasteiger partial charge < -0.3 is 9.47 Å². The average molecular weight is 525 g/mol. The number of hydrogen-bond acceptors (Lipinski definition) is 8. The minimum Gasteiger partial charge on any atom is -0.437 e. The van der Waals surface area contributed by atoms with Gasteiger partial charge in [0.2, 0.25) is 11.8 Å². The summed E-state index contributed by atoms with van der Waals surface area (Å²) in [6, 6.07) is 26.8. The molecule has 10 nitrogen and oxygen atoms in total. The van der Waals surface area contributed by atoms with Crippen LogP contribution < -0.4 is 9.47 Å². The van der Waals surface area contributed by atoms with Crippen molar-refractivity contribution in [2.45, 2.75) is 0 Å². The van der Waals surface area contributed by atoms with Crippen molar-refractivity contribution in [2.24, 2.45) is 0 Å².